The molecule has 1 aromatic carbocycles. The third kappa shape index (κ3) is 4.90. The standard InChI is InChI=1S/C20H24N4O2S/c1-3-27(25,26)11-10-22-14(2)19-18(13-23-20(24-19)17-8-9-17)16-6-4-15(12-21)5-7-16/h4-7,13-14,17,22H,3,8-11H2,1-2H3. The van der Waals surface area contributed by atoms with E-state index < -0.39 is 9.84 Å². The van der Waals surface area contributed by atoms with Crippen LogP contribution in [0.5, 0.6) is 0 Å². The smallest absolute Gasteiger partial charge is 0.151 e. The maximum atomic E-state index is 11.7. The van der Waals surface area contributed by atoms with E-state index in [0.29, 0.717) is 18.0 Å². The van der Waals surface area contributed by atoms with Crippen LogP contribution < -0.4 is 5.32 Å². The molecule has 0 bridgehead atoms. The van der Waals surface area contributed by atoms with Crippen molar-refractivity contribution in [3.8, 4) is 17.2 Å². The zero-order valence-corrected chi connectivity index (χ0v) is 16.5. The maximum Gasteiger partial charge on any atom is 0.151 e. The van der Waals surface area contributed by atoms with E-state index in [4.69, 9.17) is 10.2 Å². The van der Waals surface area contributed by atoms with Gasteiger partial charge in [-0.3, -0.25) is 0 Å². The van der Waals surface area contributed by atoms with Crippen molar-refractivity contribution in [3.05, 3.63) is 47.5 Å². The minimum absolute atomic E-state index is 0.108. The van der Waals surface area contributed by atoms with E-state index in [1.54, 1.807) is 19.1 Å². The van der Waals surface area contributed by atoms with Crippen LogP contribution in [-0.4, -0.2) is 36.4 Å². The topological polar surface area (TPSA) is 95.7 Å². The third-order valence-electron chi connectivity index (χ3n) is 4.82. The van der Waals surface area contributed by atoms with Crippen LogP contribution in [0, 0.1) is 11.3 Å². The lowest BCUT2D eigenvalue weighted by Gasteiger charge is -2.18. The molecule has 0 amide bonds. The molecule has 0 radical (unpaired) electrons. The van der Waals surface area contributed by atoms with Crippen LogP contribution in [0.25, 0.3) is 11.1 Å². The molecule has 142 valence electrons. The van der Waals surface area contributed by atoms with Gasteiger partial charge in [0, 0.05) is 36.0 Å². The molecular weight excluding hydrogens is 360 g/mol. The van der Waals surface area contributed by atoms with Gasteiger partial charge in [0.2, 0.25) is 0 Å². The lowest BCUT2D eigenvalue weighted by Crippen LogP contribution is -2.27. The van der Waals surface area contributed by atoms with E-state index in [0.717, 1.165) is 35.5 Å². The van der Waals surface area contributed by atoms with E-state index in [1.165, 1.54) is 0 Å². The van der Waals surface area contributed by atoms with E-state index in [-0.39, 0.29) is 17.5 Å². The Kier molecular flexibility index (Phi) is 5.88. The Labute approximate surface area is 160 Å². The lowest BCUT2D eigenvalue weighted by molar-refractivity contribution is 0.564. The number of hydrogen-bond donors (Lipinski definition) is 1. The zero-order chi connectivity index (χ0) is 19.4. The number of nitrogens with one attached hydrogen (secondary N) is 1. The van der Waals surface area contributed by atoms with E-state index in [9.17, 15) is 8.42 Å². The molecule has 1 fully saturated rings. The molecule has 7 heteroatoms. The second-order valence-electron chi connectivity index (χ2n) is 6.90. The van der Waals surface area contributed by atoms with Crippen LogP contribution in [0.3, 0.4) is 0 Å². The highest BCUT2D eigenvalue weighted by Gasteiger charge is 2.28. The Hall–Kier alpha value is -2.30. The molecule has 27 heavy (non-hydrogen) atoms. The van der Waals surface area contributed by atoms with Gasteiger partial charge in [0.05, 0.1) is 23.1 Å². The van der Waals surface area contributed by atoms with Crippen molar-refractivity contribution >= 4 is 9.84 Å². The molecule has 0 spiro atoms. The fourth-order valence-corrected chi connectivity index (χ4v) is 3.61. The fraction of sp³-hybridized carbons (Fsp3) is 0.450. The molecule has 1 unspecified atom stereocenters. The molecule has 1 aliphatic carbocycles. The molecule has 1 N–H and O–H groups in total. The molecule has 1 aromatic heterocycles. The number of hydrogen-bond acceptors (Lipinski definition) is 6. The molecule has 1 atom stereocenters. The van der Waals surface area contributed by atoms with Crippen molar-refractivity contribution < 1.29 is 8.42 Å². The maximum absolute atomic E-state index is 11.7. The highest BCUT2D eigenvalue weighted by Crippen LogP contribution is 2.39. The Balaban J connectivity index is 1.86. The highest BCUT2D eigenvalue weighted by molar-refractivity contribution is 7.91. The number of aromatic nitrogens is 2. The summed E-state index contributed by atoms with van der Waals surface area (Å²) in [6, 6.07) is 9.36. The van der Waals surface area contributed by atoms with Crippen molar-refractivity contribution in [2.75, 3.05) is 18.1 Å². The second-order valence-corrected chi connectivity index (χ2v) is 9.38. The van der Waals surface area contributed by atoms with Crippen LogP contribution in [0.1, 0.15) is 55.7 Å². The van der Waals surface area contributed by atoms with E-state index in [1.807, 2.05) is 25.3 Å². The van der Waals surface area contributed by atoms with Gasteiger partial charge in [-0.25, -0.2) is 18.4 Å². The van der Waals surface area contributed by atoms with Crippen molar-refractivity contribution in [2.24, 2.45) is 0 Å². The SMILES string of the molecule is CCS(=O)(=O)CCNC(C)c1nc(C2CC2)ncc1-c1ccc(C#N)cc1. The number of sulfone groups is 1. The van der Waals surface area contributed by atoms with E-state index in [2.05, 4.69) is 16.4 Å². The minimum Gasteiger partial charge on any atom is -0.308 e. The summed E-state index contributed by atoms with van der Waals surface area (Å²) in [6.07, 6.45) is 4.08. The number of benzene rings is 1. The van der Waals surface area contributed by atoms with Gasteiger partial charge in [0.1, 0.15) is 5.82 Å². The summed E-state index contributed by atoms with van der Waals surface area (Å²) < 4.78 is 23.5. The Morgan fingerprint density at radius 1 is 1.30 bits per heavy atom. The quantitative estimate of drug-likeness (QED) is 0.752. The predicted molar refractivity (Wildman–Crippen MR) is 105 cm³/mol. The molecule has 6 nitrogen and oxygen atoms in total. The summed E-state index contributed by atoms with van der Waals surface area (Å²) in [5.74, 6) is 1.56. The summed E-state index contributed by atoms with van der Waals surface area (Å²) in [4.78, 5) is 9.34. The van der Waals surface area contributed by atoms with E-state index >= 15 is 0 Å². The summed E-state index contributed by atoms with van der Waals surface area (Å²) in [7, 11) is -3.00. The van der Waals surface area contributed by atoms with Gasteiger partial charge in [-0.05, 0) is 37.5 Å². The lowest BCUT2D eigenvalue weighted by atomic mass is 10.0. The summed E-state index contributed by atoms with van der Waals surface area (Å²) in [5.41, 5.74) is 3.32. The van der Waals surface area contributed by atoms with Gasteiger partial charge in [-0.15, -0.1) is 0 Å². The van der Waals surface area contributed by atoms with Crippen molar-refractivity contribution in [3.63, 3.8) is 0 Å². The number of nitriles is 1. The number of rotatable bonds is 8. The normalized spacial score (nSPS) is 15.3. The van der Waals surface area contributed by atoms with Crippen molar-refractivity contribution in [1.82, 2.24) is 15.3 Å². The molecule has 1 saturated carbocycles. The van der Waals surface area contributed by atoms with Gasteiger partial charge in [-0.2, -0.15) is 5.26 Å². The first-order valence-corrected chi connectivity index (χ1v) is 11.1. The first-order chi connectivity index (χ1) is 12.9. The van der Waals surface area contributed by atoms with Crippen LogP contribution in [0.2, 0.25) is 0 Å². The molecule has 2 aromatic rings. The van der Waals surface area contributed by atoms with Crippen molar-refractivity contribution in [2.45, 2.75) is 38.6 Å². The first-order valence-electron chi connectivity index (χ1n) is 9.24. The van der Waals surface area contributed by atoms with Gasteiger partial charge < -0.3 is 5.32 Å². The molecule has 0 aliphatic heterocycles. The average molecular weight is 385 g/mol. The highest BCUT2D eigenvalue weighted by atomic mass is 32.2. The van der Waals surface area contributed by atoms with Gasteiger partial charge in [0.15, 0.2) is 9.84 Å². The van der Waals surface area contributed by atoms with Gasteiger partial charge in [0.25, 0.3) is 0 Å². The molecule has 3 rings (SSSR count). The molecule has 0 saturated heterocycles. The van der Waals surface area contributed by atoms with Gasteiger partial charge in [-0.1, -0.05) is 19.1 Å². The Bertz CT molecular complexity index is 945. The first kappa shape index (κ1) is 19.5. The largest absolute Gasteiger partial charge is 0.308 e. The summed E-state index contributed by atoms with van der Waals surface area (Å²) in [6.45, 7) is 4.03. The minimum atomic E-state index is -3.00. The molecule has 1 heterocycles. The van der Waals surface area contributed by atoms with Crippen LogP contribution in [0.4, 0.5) is 0 Å². The zero-order valence-electron chi connectivity index (χ0n) is 15.6. The third-order valence-corrected chi connectivity index (χ3v) is 6.52. The predicted octanol–water partition coefficient (Wildman–Crippen LogP) is 2.98. The van der Waals surface area contributed by atoms with Crippen LogP contribution >= 0.6 is 0 Å². The molecule has 1 aliphatic rings. The second kappa shape index (κ2) is 8.15. The summed E-state index contributed by atoms with van der Waals surface area (Å²) >= 11 is 0. The van der Waals surface area contributed by atoms with Crippen molar-refractivity contribution in [1.29, 1.82) is 5.26 Å². The fourth-order valence-electron chi connectivity index (χ4n) is 2.90. The van der Waals surface area contributed by atoms with Crippen LogP contribution in [0.15, 0.2) is 30.5 Å². The number of nitrogens with zero attached hydrogens (tertiary/aromatic N) is 3. The molecular formula is C20H24N4O2S. The van der Waals surface area contributed by atoms with Crippen LogP contribution in [-0.2, 0) is 9.84 Å². The Morgan fingerprint density at radius 2 is 2.00 bits per heavy atom. The Morgan fingerprint density at radius 3 is 2.59 bits per heavy atom. The summed E-state index contributed by atoms with van der Waals surface area (Å²) in [5, 5.41) is 12.3. The van der Waals surface area contributed by atoms with Gasteiger partial charge >= 0.3 is 0 Å². The average Bonchev–Trinajstić information content (AvgIpc) is 3.53. The monoisotopic (exact) mass is 384 g/mol.